The van der Waals surface area contributed by atoms with E-state index in [1.807, 2.05) is 48.5 Å². The van der Waals surface area contributed by atoms with Crippen LogP contribution in [0.1, 0.15) is 63.5 Å². The second-order valence-corrected chi connectivity index (χ2v) is 10.9. The summed E-state index contributed by atoms with van der Waals surface area (Å²) in [7, 11) is 1.63. The zero-order valence-corrected chi connectivity index (χ0v) is 24.4. The minimum atomic E-state index is 0.181. The maximum Gasteiger partial charge on any atom is 0.153 e. The highest BCUT2D eigenvalue weighted by Gasteiger charge is 2.29. The van der Waals surface area contributed by atoms with Gasteiger partial charge in [-0.3, -0.25) is 0 Å². The Morgan fingerprint density at radius 2 is 1.21 bits per heavy atom. The van der Waals surface area contributed by atoms with E-state index < -0.39 is 0 Å². The zero-order valence-electron chi connectivity index (χ0n) is 22.8. The summed E-state index contributed by atoms with van der Waals surface area (Å²) in [5.41, 5.74) is 7.32. The molecule has 0 bridgehead atoms. The van der Waals surface area contributed by atoms with Crippen molar-refractivity contribution < 1.29 is 14.2 Å². The lowest BCUT2D eigenvalue weighted by Gasteiger charge is -2.22. The van der Waals surface area contributed by atoms with Gasteiger partial charge in [0.15, 0.2) is 11.5 Å². The van der Waals surface area contributed by atoms with Crippen molar-refractivity contribution in [2.75, 3.05) is 26.1 Å². The summed E-state index contributed by atoms with van der Waals surface area (Å²) in [6.45, 7) is 5.11. The maximum absolute atomic E-state index is 10.3. The molecule has 3 aromatic rings. The van der Waals surface area contributed by atoms with E-state index in [0.717, 1.165) is 48.3 Å². The van der Waals surface area contributed by atoms with Crippen molar-refractivity contribution in [3.63, 3.8) is 0 Å². The van der Waals surface area contributed by atoms with Gasteiger partial charge in [0.1, 0.15) is 29.0 Å². The van der Waals surface area contributed by atoms with Crippen LogP contribution in [0.15, 0.2) is 68.1 Å². The molecule has 0 heterocycles. The van der Waals surface area contributed by atoms with Crippen molar-refractivity contribution in [2.45, 2.75) is 72.0 Å². The van der Waals surface area contributed by atoms with Crippen LogP contribution in [-0.2, 0) is 0 Å². The topological polar surface area (TPSA) is 101 Å². The van der Waals surface area contributed by atoms with Crippen LogP contribution in [0, 0.1) is 22.7 Å². The molecule has 0 spiro atoms. The Balaban J connectivity index is 2.30. The van der Waals surface area contributed by atoms with Crippen LogP contribution in [0.4, 0.5) is 5.69 Å². The Labute approximate surface area is 240 Å². The van der Waals surface area contributed by atoms with Crippen molar-refractivity contribution in [1.29, 1.82) is 10.5 Å². The van der Waals surface area contributed by atoms with Gasteiger partial charge >= 0.3 is 0 Å². The Morgan fingerprint density at radius 1 is 0.718 bits per heavy atom. The van der Waals surface area contributed by atoms with Gasteiger partial charge in [-0.2, -0.15) is 10.5 Å². The van der Waals surface area contributed by atoms with E-state index in [1.54, 1.807) is 7.11 Å². The van der Waals surface area contributed by atoms with E-state index in [2.05, 4.69) is 26.0 Å². The third-order valence-electron chi connectivity index (χ3n) is 5.95. The van der Waals surface area contributed by atoms with Crippen LogP contribution in [0.5, 0.6) is 17.2 Å². The third kappa shape index (κ3) is 7.79. The van der Waals surface area contributed by atoms with Crippen molar-refractivity contribution >= 4 is 29.2 Å². The van der Waals surface area contributed by atoms with E-state index in [4.69, 9.17) is 19.9 Å². The Kier molecular flexibility index (Phi) is 12.2. The number of hydrogen-bond acceptors (Lipinski definition) is 8. The molecule has 0 fully saturated rings. The molecule has 6 nitrogen and oxygen atoms in total. The van der Waals surface area contributed by atoms with Crippen LogP contribution >= 0.6 is 23.5 Å². The number of nitrogen functional groups attached to an aromatic ring is 1. The van der Waals surface area contributed by atoms with Gasteiger partial charge in [-0.1, -0.05) is 87.3 Å². The molecule has 2 N–H and O–H groups in total. The molecule has 0 aromatic heterocycles. The second kappa shape index (κ2) is 15.8. The monoisotopic (exact) mass is 561 g/mol. The fourth-order valence-electron chi connectivity index (χ4n) is 3.88. The molecule has 39 heavy (non-hydrogen) atoms. The number of unbranched alkanes of at least 4 members (excludes halogenated alkanes) is 4. The summed E-state index contributed by atoms with van der Waals surface area (Å²) < 4.78 is 18.3. The first-order chi connectivity index (χ1) is 19.1. The van der Waals surface area contributed by atoms with Gasteiger partial charge in [-0.15, -0.1) is 0 Å². The summed E-state index contributed by atoms with van der Waals surface area (Å²) in [6, 6.07) is 19.8. The summed E-state index contributed by atoms with van der Waals surface area (Å²) in [4.78, 5) is 3.07. The van der Waals surface area contributed by atoms with Crippen LogP contribution in [0.2, 0.25) is 0 Å². The minimum absolute atomic E-state index is 0.181. The van der Waals surface area contributed by atoms with Gasteiger partial charge < -0.3 is 19.9 Å². The van der Waals surface area contributed by atoms with Gasteiger partial charge in [-0.05, 0) is 37.1 Å². The fourth-order valence-corrected chi connectivity index (χ4v) is 6.18. The minimum Gasteiger partial charge on any atom is -0.496 e. The molecular formula is C31H35N3O3S2. The molecule has 0 unspecified atom stereocenters. The summed E-state index contributed by atoms with van der Waals surface area (Å²) in [5.74, 6) is 1.47. The van der Waals surface area contributed by atoms with Crippen molar-refractivity contribution in [1.82, 2.24) is 0 Å². The van der Waals surface area contributed by atoms with Gasteiger partial charge in [0.2, 0.25) is 0 Å². The molecule has 0 amide bonds. The Bertz CT molecular complexity index is 1330. The third-order valence-corrected chi connectivity index (χ3v) is 8.41. The molecule has 0 aliphatic heterocycles. The summed E-state index contributed by atoms with van der Waals surface area (Å²) in [5, 5.41) is 20.6. The standard InChI is InChI=1S/C31H35N3O3S2/c1-4-6-12-18-36-28-22(20-32)23(21-33)29(37-19-13-7-5-2)31(39-27-17-11-9-15-25(27)35-3)30(28)38-26-16-10-8-14-24(26)34/h8-11,14-17H,4-7,12-13,18-19,34H2,1-3H3. The number of nitriles is 2. The molecule has 0 aliphatic carbocycles. The first kappa shape index (κ1) is 30.1. The highest BCUT2D eigenvalue weighted by atomic mass is 32.2. The smallest absolute Gasteiger partial charge is 0.153 e. The number of benzene rings is 3. The number of anilines is 1. The fraction of sp³-hybridized carbons (Fsp3) is 0.355. The number of ether oxygens (including phenoxy) is 3. The van der Waals surface area contributed by atoms with Gasteiger partial charge in [0, 0.05) is 10.6 Å². The molecule has 0 radical (unpaired) electrons. The molecule has 0 saturated carbocycles. The van der Waals surface area contributed by atoms with E-state index in [0.29, 0.717) is 45.9 Å². The van der Waals surface area contributed by atoms with Crippen LogP contribution in [0.25, 0.3) is 0 Å². The lowest BCUT2D eigenvalue weighted by molar-refractivity contribution is 0.284. The molecule has 8 heteroatoms. The quantitative estimate of drug-likeness (QED) is 0.146. The maximum atomic E-state index is 10.3. The van der Waals surface area contributed by atoms with Crippen molar-refractivity contribution in [3.8, 4) is 29.4 Å². The van der Waals surface area contributed by atoms with Gasteiger partial charge in [-0.25, -0.2) is 0 Å². The SMILES string of the molecule is CCCCCOc1c(C#N)c(C#N)c(OCCCCC)c(Sc2ccccc2OC)c1Sc1ccccc1N. The normalized spacial score (nSPS) is 10.5. The number of nitrogens with two attached hydrogens (primary N) is 1. The van der Waals surface area contributed by atoms with E-state index in [1.165, 1.54) is 23.5 Å². The summed E-state index contributed by atoms with van der Waals surface area (Å²) in [6.07, 6.45) is 5.76. The molecule has 204 valence electrons. The Morgan fingerprint density at radius 3 is 1.69 bits per heavy atom. The first-order valence-electron chi connectivity index (χ1n) is 13.2. The largest absolute Gasteiger partial charge is 0.496 e. The Hall–Kier alpha value is -3.46. The molecule has 3 aromatic carbocycles. The molecule has 0 aliphatic rings. The van der Waals surface area contributed by atoms with Gasteiger partial charge in [0.25, 0.3) is 0 Å². The van der Waals surface area contributed by atoms with E-state index >= 15 is 0 Å². The van der Waals surface area contributed by atoms with Crippen molar-refractivity contribution in [2.24, 2.45) is 0 Å². The zero-order chi connectivity index (χ0) is 28.0. The predicted octanol–water partition coefficient (Wildman–Crippen LogP) is 8.46. The van der Waals surface area contributed by atoms with Crippen LogP contribution in [0.3, 0.4) is 0 Å². The molecule has 3 rings (SSSR count). The second-order valence-electron chi connectivity index (χ2n) is 8.79. The average molecular weight is 562 g/mol. The average Bonchev–Trinajstić information content (AvgIpc) is 2.96. The number of rotatable bonds is 15. The summed E-state index contributed by atoms with van der Waals surface area (Å²) >= 11 is 2.85. The number of para-hydroxylation sites is 2. The van der Waals surface area contributed by atoms with Crippen molar-refractivity contribution in [3.05, 3.63) is 59.7 Å². The van der Waals surface area contributed by atoms with Crippen LogP contribution in [-0.4, -0.2) is 20.3 Å². The van der Waals surface area contributed by atoms with Gasteiger partial charge in [0.05, 0.1) is 35.0 Å². The number of nitrogens with zero attached hydrogens (tertiary/aromatic N) is 2. The first-order valence-corrected chi connectivity index (χ1v) is 14.9. The predicted molar refractivity (Wildman–Crippen MR) is 158 cm³/mol. The highest BCUT2D eigenvalue weighted by molar-refractivity contribution is 8.02. The number of methoxy groups -OCH3 is 1. The molecule has 0 saturated heterocycles. The molecular weight excluding hydrogens is 526 g/mol. The molecule has 0 atom stereocenters. The van der Waals surface area contributed by atoms with E-state index in [9.17, 15) is 10.5 Å². The lowest BCUT2D eigenvalue weighted by Crippen LogP contribution is -2.08. The van der Waals surface area contributed by atoms with Crippen LogP contribution < -0.4 is 19.9 Å². The highest BCUT2D eigenvalue weighted by Crippen LogP contribution is 2.53. The lowest BCUT2D eigenvalue weighted by atomic mass is 10.1. The van der Waals surface area contributed by atoms with E-state index in [-0.39, 0.29) is 11.1 Å². The number of hydrogen-bond donors (Lipinski definition) is 1.